The van der Waals surface area contributed by atoms with Crippen molar-refractivity contribution < 1.29 is 9.90 Å². The Labute approximate surface area is 146 Å². The molecule has 1 atom stereocenters. The first-order chi connectivity index (χ1) is 11.7. The number of nitrogens with one attached hydrogen (secondary N) is 1. The number of carbonyl (C=O) groups is 1. The summed E-state index contributed by atoms with van der Waals surface area (Å²) in [6.07, 6.45) is 5.49. The van der Waals surface area contributed by atoms with Crippen LogP contribution in [-0.4, -0.2) is 41.8 Å². The van der Waals surface area contributed by atoms with Crippen molar-refractivity contribution in [2.45, 2.75) is 38.1 Å². The molecule has 2 aliphatic rings. The van der Waals surface area contributed by atoms with Crippen LogP contribution in [0, 0.1) is 5.41 Å². The molecule has 2 amide bonds. The molecule has 4 rings (SSSR count). The summed E-state index contributed by atoms with van der Waals surface area (Å²) < 4.78 is 1.30. The average Bonchev–Trinajstić information content (AvgIpc) is 3.15. The molecular formula is C19H24N2O2S. The van der Waals surface area contributed by atoms with Crippen LogP contribution in [0.4, 0.5) is 4.79 Å². The number of carbonyl (C=O) groups excluding carboxylic acids is 1. The van der Waals surface area contributed by atoms with E-state index in [1.165, 1.54) is 34.2 Å². The van der Waals surface area contributed by atoms with Gasteiger partial charge < -0.3 is 15.3 Å². The Morgan fingerprint density at radius 1 is 1.38 bits per heavy atom. The molecule has 4 nitrogen and oxygen atoms in total. The molecule has 128 valence electrons. The van der Waals surface area contributed by atoms with Crippen molar-refractivity contribution in [2.75, 3.05) is 19.7 Å². The van der Waals surface area contributed by atoms with Gasteiger partial charge in [0, 0.05) is 22.7 Å². The van der Waals surface area contributed by atoms with Crippen LogP contribution in [0.3, 0.4) is 0 Å². The Kier molecular flexibility index (Phi) is 4.22. The summed E-state index contributed by atoms with van der Waals surface area (Å²) in [7, 11) is 0. The van der Waals surface area contributed by atoms with E-state index in [-0.39, 0.29) is 18.7 Å². The summed E-state index contributed by atoms with van der Waals surface area (Å²) in [4.78, 5) is 15.7. The molecule has 2 N–H and O–H groups in total. The Bertz CT molecular complexity index is 705. The molecule has 1 saturated carbocycles. The van der Waals surface area contributed by atoms with Crippen LogP contribution in [0.5, 0.6) is 0 Å². The fraction of sp³-hybridized carbons (Fsp3) is 0.526. The number of amides is 2. The van der Waals surface area contributed by atoms with Crippen molar-refractivity contribution in [1.29, 1.82) is 0 Å². The highest BCUT2D eigenvalue weighted by Gasteiger charge is 2.48. The second-order valence-corrected chi connectivity index (χ2v) is 8.42. The van der Waals surface area contributed by atoms with Crippen molar-refractivity contribution in [1.82, 2.24) is 10.2 Å². The van der Waals surface area contributed by atoms with Crippen molar-refractivity contribution in [3.05, 3.63) is 35.2 Å². The third-order valence-corrected chi connectivity index (χ3v) is 6.80. The van der Waals surface area contributed by atoms with Crippen LogP contribution >= 0.6 is 11.3 Å². The molecule has 1 aromatic carbocycles. The average molecular weight is 344 g/mol. The summed E-state index contributed by atoms with van der Waals surface area (Å²) >= 11 is 1.79. The van der Waals surface area contributed by atoms with E-state index in [2.05, 4.69) is 35.6 Å². The predicted molar refractivity (Wildman–Crippen MR) is 97.4 cm³/mol. The van der Waals surface area contributed by atoms with E-state index in [0.717, 1.165) is 19.4 Å². The molecule has 1 aliphatic heterocycles. The zero-order valence-electron chi connectivity index (χ0n) is 13.8. The van der Waals surface area contributed by atoms with E-state index in [0.29, 0.717) is 12.0 Å². The van der Waals surface area contributed by atoms with Crippen molar-refractivity contribution >= 4 is 27.5 Å². The van der Waals surface area contributed by atoms with E-state index < -0.39 is 0 Å². The van der Waals surface area contributed by atoms with Gasteiger partial charge in [-0.25, -0.2) is 4.79 Å². The largest absolute Gasteiger partial charge is 0.394 e. The molecule has 1 saturated heterocycles. The highest BCUT2D eigenvalue weighted by Crippen LogP contribution is 2.50. The molecule has 5 heteroatoms. The number of fused-ring (bicyclic) bond motifs is 1. The Balaban J connectivity index is 1.32. The minimum Gasteiger partial charge on any atom is -0.394 e. The standard InChI is InChI=1S/C19H24N2O2S/c22-12-15-11-19(7-3-8-19)13-21(15)18(23)20-9-6-16-10-14-4-1-2-5-17(14)24-16/h1-2,4-5,10,15,22H,3,6-9,11-13H2,(H,20,23). The number of rotatable bonds is 4. The van der Waals surface area contributed by atoms with Gasteiger partial charge in [0.05, 0.1) is 12.6 Å². The minimum absolute atomic E-state index is 0.00498. The van der Waals surface area contributed by atoms with Gasteiger partial charge in [0.1, 0.15) is 0 Å². The maximum Gasteiger partial charge on any atom is 0.317 e. The van der Waals surface area contributed by atoms with Crippen LogP contribution in [0.2, 0.25) is 0 Å². The van der Waals surface area contributed by atoms with Crippen LogP contribution in [0.1, 0.15) is 30.6 Å². The topological polar surface area (TPSA) is 52.6 Å². The quantitative estimate of drug-likeness (QED) is 0.893. The molecule has 24 heavy (non-hydrogen) atoms. The van der Waals surface area contributed by atoms with Crippen molar-refractivity contribution in [2.24, 2.45) is 5.41 Å². The van der Waals surface area contributed by atoms with Gasteiger partial charge >= 0.3 is 6.03 Å². The summed E-state index contributed by atoms with van der Waals surface area (Å²) in [5.74, 6) is 0. The second kappa shape index (κ2) is 6.37. The lowest BCUT2D eigenvalue weighted by atomic mass is 9.67. The SMILES string of the molecule is O=C(NCCc1cc2ccccc2s1)N1CC2(CCC2)CC1CO. The lowest BCUT2D eigenvalue weighted by molar-refractivity contribution is 0.140. The van der Waals surface area contributed by atoms with E-state index in [1.54, 1.807) is 11.3 Å². The lowest BCUT2D eigenvalue weighted by Crippen LogP contribution is -2.45. The van der Waals surface area contributed by atoms with Gasteiger partial charge in [-0.2, -0.15) is 0 Å². The number of thiophene rings is 1. The van der Waals surface area contributed by atoms with Crippen molar-refractivity contribution in [3.63, 3.8) is 0 Å². The third kappa shape index (κ3) is 2.91. The van der Waals surface area contributed by atoms with E-state index in [1.807, 2.05) is 4.90 Å². The zero-order valence-corrected chi connectivity index (χ0v) is 14.6. The maximum atomic E-state index is 12.5. The number of urea groups is 1. The molecule has 1 unspecified atom stereocenters. The first-order valence-electron chi connectivity index (χ1n) is 8.82. The first-order valence-corrected chi connectivity index (χ1v) is 9.64. The number of hydrogen-bond acceptors (Lipinski definition) is 3. The number of aliphatic hydroxyl groups excluding tert-OH is 1. The lowest BCUT2D eigenvalue weighted by Gasteiger charge is -2.37. The number of hydrogen-bond donors (Lipinski definition) is 2. The molecule has 1 spiro atoms. The molecule has 2 aromatic rings. The summed E-state index contributed by atoms with van der Waals surface area (Å²) in [5.41, 5.74) is 0.302. The normalized spacial score (nSPS) is 22.0. The van der Waals surface area contributed by atoms with E-state index >= 15 is 0 Å². The minimum atomic E-state index is -0.0149. The van der Waals surface area contributed by atoms with Gasteiger partial charge in [-0.3, -0.25) is 0 Å². The molecule has 1 aliphatic carbocycles. The van der Waals surface area contributed by atoms with E-state index in [4.69, 9.17) is 0 Å². The molecule has 1 aromatic heterocycles. The molecule has 0 bridgehead atoms. The van der Waals surface area contributed by atoms with Gasteiger partial charge in [-0.15, -0.1) is 11.3 Å². The van der Waals surface area contributed by atoms with Crippen LogP contribution in [0.25, 0.3) is 10.1 Å². The number of benzene rings is 1. The number of aliphatic hydroxyl groups is 1. The fourth-order valence-corrected chi connectivity index (χ4v) is 5.22. The third-order valence-electron chi connectivity index (χ3n) is 5.63. The Hall–Kier alpha value is -1.59. The van der Waals surface area contributed by atoms with Gasteiger partial charge in [-0.05, 0) is 48.6 Å². The number of nitrogens with zero attached hydrogens (tertiary/aromatic N) is 1. The zero-order chi connectivity index (χ0) is 16.6. The Morgan fingerprint density at radius 3 is 2.92 bits per heavy atom. The second-order valence-electron chi connectivity index (χ2n) is 7.25. The summed E-state index contributed by atoms with van der Waals surface area (Å²) in [6.45, 7) is 1.53. The Morgan fingerprint density at radius 2 is 2.21 bits per heavy atom. The molecule has 2 fully saturated rings. The van der Waals surface area contributed by atoms with Crippen LogP contribution in [0.15, 0.2) is 30.3 Å². The van der Waals surface area contributed by atoms with Crippen LogP contribution in [-0.2, 0) is 6.42 Å². The number of likely N-dealkylation sites (tertiary alicyclic amines) is 1. The maximum absolute atomic E-state index is 12.5. The molecule has 2 heterocycles. The monoisotopic (exact) mass is 344 g/mol. The predicted octanol–water partition coefficient (Wildman–Crippen LogP) is 3.39. The summed E-state index contributed by atoms with van der Waals surface area (Å²) in [5, 5.41) is 13.9. The van der Waals surface area contributed by atoms with Gasteiger partial charge in [0.25, 0.3) is 0 Å². The molecular weight excluding hydrogens is 320 g/mol. The highest BCUT2D eigenvalue weighted by atomic mass is 32.1. The highest BCUT2D eigenvalue weighted by molar-refractivity contribution is 7.19. The first kappa shape index (κ1) is 15.9. The fourth-order valence-electron chi connectivity index (χ4n) is 4.16. The van der Waals surface area contributed by atoms with Crippen LogP contribution < -0.4 is 5.32 Å². The van der Waals surface area contributed by atoms with E-state index in [9.17, 15) is 9.90 Å². The molecule has 0 radical (unpaired) electrons. The smallest absolute Gasteiger partial charge is 0.317 e. The van der Waals surface area contributed by atoms with Crippen molar-refractivity contribution in [3.8, 4) is 0 Å². The summed E-state index contributed by atoms with van der Waals surface area (Å²) in [6, 6.07) is 10.6. The van der Waals surface area contributed by atoms with Gasteiger partial charge in [0.2, 0.25) is 0 Å². The van der Waals surface area contributed by atoms with Gasteiger partial charge in [-0.1, -0.05) is 24.6 Å². The van der Waals surface area contributed by atoms with Gasteiger partial charge in [0.15, 0.2) is 0 Å².